The van der Waals surface area contributed by atoms with Crippen molar-refractivity contribution in [2.75, 3.05) is 0 Å². The Morgan fingerprint density at radius 3 is 2.84 bits per heavy atom. The van der Waals surface area contributed by atoms with E-state index in [1.54, 1.807) is 12.1 Å². The minimum atomic E-state index is -0.314. The Kier molecular flexibility index (Phi) is 7.47. The van der Waals surface area contributed by atoms with Crippen molar-refractivity contribution >= 4 is 12.1 Å². The molecule has 0 saturated carbocycles. The number of hydrazone groups is 1. The van der Waals surface area contributed by atoms with Crippen molar-refractivity contribution in [2.24, 2.45) is 5.10 Å². The van der Waals surface area contributed by atoms with E-state index in [9.17, 15) is 9.18 Å². The molecule has 0 atom stereocenters. The zero-order valence-corrected chi connectivity index (χ0v) is 11.4. The van der Waals surface area contributed by atoms with Crippen LogP contribution in [0.1, 0.15) is 51.0 Å². The molecule has 0 unspecified atom stereocenters. The fraction of sp³-hybridized carbons (Fsp3) is 0.467. The minimum absolute atomic E-state index is 0.0934. The number of benzene rings is 1. The lowest BCUT2D eigenvalue weighted by molar-refractivity contribution is -0.121. The molecule has 1 rings (SSSR count). The van der Waals surface area contributed by atoms with Crippen molar-refractivity contribution in [1.82, 2.24) is 5.43 Å². The van der Waals surface area contributed by atoms with Gasteiger partial charge in [0, 0.05) is 6.42 Å². The lowest BCUT2D eigenvalue weighted by atomic mass is 10.1. The monoisotopic (exact) mass is 264 g/mol. The summed E-state index contributed by atoms with van der Waals surface area (Å²) >= 11 is 0. The van der Waals surface area contributed by atoms with Gasteiger partial charge in [-0.25, -0.2) is 9.82 Å². The topological polar surface area (TPSA) is 41.5 Å². The first-order valence-corrected chi connectivity index (χ1v) is 6.80. The van der Waals surface area contributed by atoms with Crippen LogP contribution in [0.15, 0.2) is 29.4 Å². The van der Waals surface area contributed by atoms with Crippen LogP contribution in [0.3, 0.4) is 0 Å². The predicted octanol–water partition coefficient (Wildman–Crippen LogP) is 3.64. The average molecular weight is 264 g/mol. The highest BCUT2D eigenvalue weighted by molar-refractivity contribution is 5.82. The van der Waals surface area contributed by atoms with Gasteiger partial charge in [0.05, 0.1) is 6.21 Å². The Morgan fingerprint density at radius 1 is 1.32 bits per heavy atom. The van der Waals surface area contributed by atoms with Gasteiger partial charge in [0.1, 0.15) is 5.82 Å². The van der Waals surface area contributed by atoms with E-state index in [0.717, 1.165) is 12.8 Å². The van der Waals surface area contributed by atoms with Crippen molar-refractivity contribution in [1.29, 1.82) is 0 Å². The molecule has 19 heavy (non-hydrogen) atoms. The third-order valence-corrected chi connectivity index (χ3v) is 2.76. The van der Waals surface area contributed by atoms with E-state index in [2.05, 4.69) is 17.5 Å². The van der Waals surface area contributed by atoms with E-state index >= 15 is 0 Å². The molecule has 1 N–H and O–H groups in total. The molecule has 0 aromatic heterocycles. The number of nitrogens with one attached hydrogen (secondary N) is 1. The van der Waals surface area contributed by atoms with Crippen LogP contribution in [0.4, 0.5) is 4.39 Å². The molecule has 0 aliphatic rings. The maximum absolute atomic E-state index is 12.9. The van der Waals surface area contributed by atoms with Crippen LogP contribution in [0, 0.1) is 5.82 Å². The lowest BCUT2D eigenvalue weighted by Gasteiger charge is -2.00. The second kappa shape index (κ2) is 9.25. The molecule has 0 heterocycles. The van der Waals surface area contributed by atoms with E-state index in [-0.39, 0.29) is 11.7 Å². The third kappa shape index (κ3) is 7.34. The van der Waals surface area contributed by atoms with E-state index in [0.29, 0.717) is 12.0 Å². The van der Waals surface area contributed by atoms with Gasteiger partial charge in [0.25, 0.3) is 0 Å². The van der Waals surface area contributed by atoms with E-state index in [1.165, 1.54) is 37.6 Å². The fourth-order valence-corrected chi connectivity index (χ4v) is 1.71. The summed E-state index contributed by atoms with van der Waals surface area (Å²) in [4.78, 5) is 11.4. The van der Waals surface area contributed by atoms with Crippen LogP contribution in [0.5, 0.6) is 0 Å². The number of nitrogens with zero attached hydrogens (tertiary/aromatic N) is 1. The number of hydrogen-bond donors (Lipinski definition) is 1. The molecular weight excluding hydrogens is 243 g/mol. The maximum atomic E-state index is 12.9. The minimum Gasteiger partial charge on any atom is -0.273 e. The van der Waals surface area contributed by atoms with Crippen molar-refractivity contribution < 1.29 is 9.18 Å². The van der Waals surface area contributed by atoms with Gasteiger partial charge in [0.15, 0.2) is 0 Å². The van der Waals surface area contributed by atoms with Gasteiger partial charge >= 0.3 is 0 Å². The lowest BCUT2D eigenvalue weighted by Crippen LogP contribution is -2.16. The zero-order chi connectivity index (χ0) is 13.9. The van der Waals surface area contributed by atoms with Crippen molar-refractivity contribution in [2.45, 2.75) is 45.4 Å². The standard InChI is InChI=1S/C15H21FN2O/c1-2-3-4-5-6-10-15(19)18-17-12-13-8-7-9-14(16)11-13/h7-9,11-12H,2-6,10H2,1H3,(H,18,19)/b17-12+. The largest absolute Gasteiger partial charge is 0.273 e. The van der Waals surface area contributed by atoms with Crippen LogP contribution in [0.2, 0.25) is 0 Å². The Morgan fingerprint density at radius 2 is 2.11 bits per heavy atom. The van der Waals surface area contributed by atoms with Gasteiger partial charge in [-0.3, -0.25) is 4.79 Å². The van der Waals surface area contributed by atoms with Crippen LogP contribution < -0.4 is 5.43 Å². The van der Waals surface area contributed by atoms with Crippen molar-refractivity contribution in [3.63, 3.8) is 0 Å². The Balaban J connectivity index is 2.19. The molecule has 1 aromatic rings. The number of amides is 1. The Hall–Kier alpha value is -1.71. The second-order valence-electron chi connectivity index (χ2n) is 4.51. The van der Waals surface area contributed by atoms with E-state index in [4.69, 9.17) is 0 Å². The Bertz CT molecular complexity index is 418. The van der Waals surface area contributed by atoms with Gasteiger partial charge in [-0.1, -0.05) is 44.7 Å². The van der Waals surface area contributed by atoms with Crippen molar-refractivity contribution in [3.8, 4) is 0 Å². The predicted molar refractivity (Wildman–Crippen MR) is 75.5 cm³/mol. The van der Waals surface area contributed by atoms with Crippen LogP contribution in [0.25, 0.3) is 0 Å². The van der Waals surface area contributed by atoms with Gasteiger partial charge < -0.3 is 0 Å². The highest BCUT2D eigenvalue weighted by Crippen LogP contribution is 2.04. The zero-order valence-electron chi connectivity index (χ0n) is 11.4. The summed E-state index contributed by atoms with van der Waals surface area (Å²) in [5.74, 6) is -0.407. The molecule has 0 aliphatic carbocycles. The number of carbonyl (C=O) groups is 1. The molecule has 3 nitrogen and oxygen atoms in total. The summed E-state index contributed by atoms with van der Waals surface area (Å²) in [6.45, 7) is 2.16. The summed E-state index contributed by atoms with van der Waals surface area (Å²) in [7, 11) is 0. The number of rotatable bonds is 8. The highest BCUT2D eigenvalue weighted by atomic mass is 19.1. The molecule has 0 fully saturated rings. The highest BCUT2D eigenvalue weighted by Gasteiger charge is 1.98. The molecule has 1 amide bonds. The average Bonchev–Trinajstić information content (AvgIpc) is 2.38. The SMILES string of the molecule is CCCCCCCC(=O)N/N=C/c1cccc(F)c1. The Labute approximate surface area is 113 Å². The van der Waals surface area contributed by atoms with Gasteiger partial charge in [-0.15, -0.1) is 0 Å². The summed E-state index contributed by atoms with van der Waals surface area (Å²) in [5, 5.41) is 3.81. The molecule has 0 aliphatic heterocycles. The summed E-state index contributed by atoms with van der Waals surface area (Å²) in [5.41, 5.74) is 3.08. The van der Waals surface area contributed by atoms with Gasteiger partial charge in [0.2, 0.25) is 5.91 Å². The number of carbonyl (C=O) groups excluding carboxylic acids is 1. The summed E-state index contributed by atoms with van der Waals surface area (Å²) in [6.07, 6.45) is 7.50. The number of hydrogen-bond acceptors (Lipinski definition) is 2. The second-order valence-corrected chi connectivity index (χ2v) is 4.51. The molecule has 0 radical (unpaired) electrons. The first kappa shape index (κ1) is 15.3. The molecule has 4 heteroatoms. The molecule has 0 spiro atoms. The van der Waals surface area contributed by atoms with Gasteiger partial charge in [-0.2, -0.15) is 5.10 Å². The van der Waals surface area contributed by atoms with Crippen LogP contribution in [-0.4, -0.2) is 12.1 Å². The quantitative estimate of drug-likeness (QED) is 0.435. The van der Waals surface area contributed by atoms with Gasteiger partial charge in [-0.05, 0) is 24.1 Å². The molecule has 1 aromatic carbocycles. The van der Waals surface area contributed by atoms with E-state index < -0.39 is 0 Å². The van der Waals surface area contributed by atoms with Crippen LogP contribution in [-0.2, 0) is 4.79 Å². The first-order valence-electron chi connectivity index (χ1n) is 6.80. The van der Waals surface area contributed by atoms with E-state index in [1.807, 2.05) is 0 Å². The molecule has 0 saturated heterocycles. The third-order valence-electron chi connectivity index (χ3n) is 2.76. The normalized spacial score (nSPS) is 10.8. The molecule has 0 bridgehead atoms. The molecular formula is C15H21FN2O. The fourth-order valence-electron chi connectivity index (χ4n) is 1.71. The first-order chi connectivity index (χ1) is 9.22. The molecule has 104 valence electrons. The van der Waals surface area contributed by atoms with Crippen LogP contribution >= 0.6 is 0 Å². The number of halogens is 1. The summed E-state index contributed by atoms with van der Waals surface area (Å²) in [6, 6.07) is 6.06. The maximum Gasteiger partial charge on any atom is 0.240 e. The number of unbranched alkanes of at least 4 members (excludes halogenated alkanes) is 4. The smallest absolute Gasteiger partial charge is 0.240 e. The van der Waals surface area contributed by atoms with Crippen molar-refractivity contribution in [3.05, 3.63) is 35.6 Å². The summed E-state index contributed by atoms with van der Waals surface area (Å²) < 4.78 is 12.9.